The van der Waals surface area contributed by atoms with Crippen LogP contribution in [0, 0.1) is 6.92 Å². The van der Waals surface area contributed by atoms with E-state index in [4.69, 9.17) is 5.73 Å². The van der Waals surface area contributed by atoms with Crippen molar-refractivity contribution in [2.24, 2.45) is 5.73 Å². The molecule has 1 fully saturated rings. The summed E-state index contributed by atoms with van der Waals surface area (Å²) in [5.41, 5.74) is 8.65. The smallest absolute Gasteiger partial charge is 0.0471 e. The number of nitrogens with zero attached hydrogens (tertiary/aromatic N) is 1. The molecule has 0 aliphatic carbocycles. The summed E-state index contributed by atoms with van der Waals surface area (Å²) >= 11 is 5.71. The molecule has 19 heavy (non-hydrogen) atoms. The predicted molar refractivity (Wildman–Crippen MR) is 88.8 cm³/mol. The molecule has 1 saturated heterocycles. The Kier molecular flexibility index (Phi) is 5.35. The van der Waals surface area contributed by atoms with Crippen LogP contribution in [-0.4, -0.2) is 35.0 Å². The zero-order chi connectivity index (χ0) is 14.0. The Balaban J connectivity index is 2.21. The zero-order valence-electron chi connectivity index (χ0n) is 11.9. The van der Waals surface area contributed by atoms with Crippen molar-refractivity contribution in [1.29, 1.82) is 0 Å². The Morgan fingerprint density at radius 1 is 1.37 bits per heavy atom. The Hall–Kier alpha value is -0.0300. The monoisotopic (exact) mass is 342 g/mol. The van der Waals surface area contributed by atoms with Gasteiger partial charge in [-0.2, -0.15) is 11.8 Å². The molecule has 4 heteroatoms. The van der Waals surface area contributed by atoms with Gasteiger partial charge in [-0.25, -0.2) is 0 Å². The number of benzene rings is 1. The summed E-state index contributed by atoms with van der Waals surface area (Å²) in [5, 5.41) is 1.37. The number of thioether (sulfide) groups is 1. The number of halogens is 1. The summed E-state index contributed by atoms with van der Waals surface area (Å²) in [5.74, 6) is 0. The largest absolute Gasteiger partial charge is 0.329 e. The summed E-state index contributed by atoms with van der Waals surface area (Å²) in [6.07, 6.45) is 0. The van der Waals surface area contributed by atoms with Crippen LogP contribution in [0.1, 0.15) is 31.0 Å². The molecule has 106 valence electrons. The van der Waals surface area contributed by atoms with Crippen molar-refractivity contribution in [1.82, 2.24) is 4.90 Å². The molecule has 1 aromatic carbocycles. The third-order valence-corrected chi connectivity index (χ3v) is 5.77. The van der Waals surface area contributed by atoms with Gasteiger partial charge in [0.2, 0.25) is 0 Å². The van der Waals surface area contributed by atoms with Crippen LogP contribution in [0.15, 0.2) is 22.7 Å². The SMILES string of the molecule is Cc1ccc(C(CN)N2CC(C)SC(C)C2)cc1Br. The first-order chi connectivity index (χ1) is 9.01. The maximum Gasteiger partial charge on any atom is 0.0471 e. The van der Waals surface area contributed by atoms with Gasteiger partial charge in [0.15, 0.2) is 0 Å². The van der Waals surface area contributed by atoms with Gasteiger partial charge in [0.1, 0.15) is 0 Å². The lowest BCUT2D eigenvalue weighted by atomic mass is 10.0. The molecule has 3 atom stereocenters. The molecule has 1 aliphatic heterocycles. The molecule has 2 nitrogen and oxygen atoms in total. The summed E-state index contributed by atoms with van der Waals surface area (Å²) in [4.78, 5) is 2.54. The Morgan fingerprint density at radius 2 is 2.00 bits per heavy atom. The van der Waals surface area contributed by atoms with E-state index in [0.29, 0.717) is 23.1 Å². The van der Waals surface area contributed by atoms with Crippen LogP contribution >= 0.6 is 27.7 Å². The van der Waals surface area contributed by atoms with Gasteiger partial charge in [0.25, 0.3) is 0 Å². The van der Waals surface area contributed by atoms with E-state index in [-0.39, 0.29) is 0 Å². The van der Waals surface area contributed by atoms with Crippen molar-refractivity contribution < 1.29 is 0 Å². The third-order valence-electron chi connectivity index (χ3n) is 3.69. The molecule has 0 spiro atoms. The van der Waals surface area contributed by atoms with Gasteiger partial charge in [-0.15, -0.1) is 0 Å². The molecular weight excluding hydrogens is 320 g/mol. The van der Waals surface area contributed by atoms with E-state index in [9.17, 15) is 0 Å². The van der Waals surface area contributed by atoms with Crippen molar-refractivity contribution in [2.45, 2.75) is 37.3 Å². The van der Waals surface area contributed by atoms with Gasteiger partial charge in [0.05, 0.1) is 0 Å². The van der Waals surface area contributed by atoms with Gasteiger partial charge in [-0.3, -0.25) is 4.90 Å². The highest BCUT2D eigenvalue weighted by Crippen LogP contribution is 2.32. The fourth-order valence-electron chi connectivity index (χ4n) is 2.78. The highest BCUT2D eigenvalue weighted by atomic mass is 79.9. The number of aryl methyl sites for hydroxylation is 1. The Morgan fingerprint density at radius 3 is 2.53 bits per heavy atom. The highest BCUT2D eigenvalue weighted by molar-refractivity contribution is 9.10. The van der Waals surface area contributed by atoms with Crippen molar-refractivity contribution in [2.75, 3.05) is 19.6 Å². The first kappa shape index (κ1) is 15.4. The highest BCUT2D eigenvalue weighted by Gasteiger charge is 2.28. The lowest BCUT2D eigenvalue weighted by Crippen LogP contribution is -2.44. The van der Waals surface area contributed by atoms with Crippen molar-refractivity contribution in [3.05, 3.63) is 33.8 Å². The second-order valence-electron chi connectivity index (χ2n) is 5.47. The molecule has 2 rings (SSSR count). The summed E-state index contributed by atoms with van der Waals surface area (Å²) in [7, 11) is 0. The second kappa shape index (κ2) is 6.61. The van der Waals surface area contributed by atoms with Crippen LogP contribution in [0.5, 0.6) is 0 Å². The summed E-state index contributed by atoms with van der Waals surface area (Å²) in [6.45, 7) is 9.68. The van der Waals surface area contributed by atoms with Crippen LogP contribution < -0.4 is 5.73 Å². The minimum absolute atomic E-state index is 0.336. The standard InChI is InChI=1S/C15H23BrN2S/c1-10-4-5-13(6-14(10)16)15(7-17)18-8-11(2)19-12(3)9-18/h4-6,11-12,15H,7-9,17H2,1-3H3. The van der Waals surface area contributed by atoms with Crippen LogP contribution in [0.2, 0.25) is 0 Å². The van der Waals surface area contributed by atoms with Gasteiger partial charge >= 0.3 is 0 Å². The first-order valence-corrected chi connectivity index (χ1v) is 8.60. The minimum Gasteiger partial charge on any atom is -0.329 e. The lowest BCUT2D eigenvalue weighted by Gasteiger charge is -2.39. The van der Waals surface area contributed by atoms with E-state index >= 15 is 0 Å². The van der Waals surface area contributed by atoms with Crippen molar-refractivity contribution >= 4 is 27.7 Å². The normalized spacial score (nSPS) is 26.4. The average Bonchev–Trinajstić information content (AvgIpc) is 2.33. The molecule has 0 radical (unpaired) electrons. The van der Waals surface area contributed by atoms with Gasteiger partial charge in [-0.1, -0.05) is 41.9 Å². The minimum atomic E-state index is 0.336. The molecule has 0 bridgehead atoms. The summed E-state index contributed by atoms with van der Waals surface area (Å²) < 4.78 is 1.18. The maximum atomic E-state index is 6.05. The lowest BCUT2D eigenvalue weighted by molar-refractivity contribution is 0.199. The molecule has 1 heterocycles. The topological polar surface area (TPSA) is 29.3 Å². The first-order valence-electron chi connectivity index (χ1n) is 6.87. The average molecular weight is 343 g/mol. The van der Waals surface area contributed by atoms with Crippen LogP contribution in [0.3, 0.4) is 0 Å². The zero-order valence-corrected chi connectivity index (χ0v) is 14.3. The number of rotatable bonds is 3. The van der Waals surface area contributed by atoms with Crippen LogP contribution in [-0.2, 0) is 0 Å². The molecule has 0 aromatic heterocycles. The molecular formula is C15H23BrN2S. The number of nitrogens with two attached hydrogens (primary N) is 1. The van der Waals surface area contributed by atoms with Gasteiger partial charge in [-0.05, 0) is 24.1 Å². The summed E-state index contributed by atoms with van der Waals surface area (Å²) in [6, 6.07) is 6.95. The molecule has 1 aliphatic rings. The second-order valence-corrected chi connectivity index (χ2v) is 8.21. The Labute approximate surface area is 129 Å². The quantitative estimate of drug-likeness (QED) is 0.910. The van der Waals surface area contributed by atoms with E-state index < -0.39 is 0 Å². The van der Waals surface area contributed by atoms with E-state index in [1.54, 1.807) is 0 Å². The van der Waals surface area contributed by atoms with E-state index in [1.807, 2.05) is 0 Å². The van der Waals surface area contributed by atoms with Gasteiger partial charge < -0.3 is 5.73 Å². The van der Waals surface area contributed by atoms with E-state index in [0.717, 1.165) is 13.1 Å². The molecule has 0 saturated carbocycles. The van der Waals surface area contributed by atoms with E-state index in [1.165, 1.54) is 15.6 Å². The molecule has 2 N–H and O–H groups in total. The van der Waals surface area contributed by atoms with Crippen molar-refractivity contribution in [3.63, 3.8) is 0 Å². The fraction of sp³-hybridized carbons (Fsp3) is 0.600. The van der Waals surface area contributed by atoms with E-state index in [2.05, 4.69) is 71.6 Å². The predicted octanol–water partition coefficient (Wildman–Crippen LogP) is 3.58. The van der Waals surface area contributed by atoms with Crippen LogP contribution in [0.4, 0.5) is 0 Å². The maximum absolute atomic E-state index is 6.05. The van der Waals surface area contributed by atoms with Crippen molar-refractivity contribution in [3.8, 4) is 0 Å². The van der Waals surface area contributed by atoms with Crippen LogP contribution in [0.25, 0.3) is 0 Å². The number of hydrogen-bond acceptors (Lipinski definition) is 3. The Bertz CT molecular complexity index is 428. The number of hydrogen-bond donors (Lipinski definition) is 1. The fourth-order valence-corrected chi connectivity index (χ4v) is 4.53. The third kappa shape index (κ3) is 3.75. The molecule has 0 amide bonds. The molecule has 3 unspecified atom stereocenters. The van der Waals surface area contributed by atoms with Gasteiger partial charge in [0, 0.05) is 40.6 Å². The molecule has 1 aromatic rings.